The molecule has 0 aliphatic rings. The Hall–Kier alpha value is -0.960. The first kappa shape index (κ1) is 14.1. The van der Waals surface area contributed by atoms with Crippen LogP contribution in [0.5, 0.6) is 0 Å². The van der Waals surface area contributed by atoms with Crippen molar-refractivity contribution >= 4 is 0 Å². The van der Waals surface area contributed by atoms with E-state index in [1.165, 1.54) is 12.1 Å². The van der Waals surface area contributed by atoms with E-state index in [4.69, 9.17) is 0 Å². The second-order valence-corrected chi connectivity index (χ2v) is 5.12. The number of benzene rings is 1. The zero-order chi connectivity index (χ0) is 13.0. The quantitative estimate of drug-likeness (QED) is 0.820. The van der Waals surface area contributed by atoms with Gasteiger partial charge in [-0.1, -0.05) is 13.8 Å². The molecule has 0 radical (unpaired) electrons. The van der Waals surface area contributed by atoms with E-state index in [9.17, 15) is 8.78 Å². The molecule has 96 valence electrons. The molecule has 0 fully saturated rings. The Labute approximate surface area is 102 Å². The molecule has 0 saturated carbocycles. The molecule has 1 N–H and O–H groups in total. The Morgan fingerprint density at radius 1 is 1.00 bits per heavy atom. The van der Waals surface area contributed by atoms with Gasteiger partial charge in [-0.2, -0.15) is 0 Å². The maximum atomic E-state index is 13.1. The number of rotatable bonds is 5. The van der Waals surface area contributed by atoms with Crippen molar-refractivity contribution < 1.29 is 8.78 Å². The van der Waals surface area contributed by atoms with Gasteiger partial charge in [0.25, 0.3) is 0 Å². The molecule has 1 nitrogen and oxygen atoms in total. The lowest BCUT2D eigenvalue weighted by molar-refractivity contribution is 0.405. The maximum Gasteiger partial charge on any atom is 0.126 e. The van der Waals surface area contributed by atoms with E-state index in [1.807, 2.05) is 6.92 Å². The van der Waals surface area contributed by atoms with Crippen molar-refractivity contribution in [2.45, 2.75) is 46.2 Å². The van der Waals surface area contributed by atoms with Crippen LogP contribution in [-0.2, 0) is 0 Å². The normalized spacial score (nSPS) is 15.0. The Bertz CT molecular complexity index is 343. The molecular weight excluding hydrogens is 220 g/mol. The van der Waals surface area contributed by atoms with Crippen LogP contribution in [0, 0.1) is 17.6 Å². The van der Waals surface area contributed by atoms with E-state index in [0.29, 0.717) is 17.5 Å². The van der Waals surface area contributed by atoms with Crippen LogP contribution in [0.4, 0.5) is 8.78 Å². The zero-order valence-corrected chi connectivity index (χ0v) is 10.9. The molecule has 0 heterocycles. The second-order valence-electron chi connectivity index (χ2n) is 5.12. The van der Waals surface area contributed by atoms with Gasteiger partial charge in [-0.15, -0.1) is 0 Å². The van der Waals surface area contributed by atoms with Crippen LogP contribution in [0.2, 0.25) is 0 Å². The molecule has 1 aromatic rings. The molecule has 17 heavy (non-hydrogen) atoms. The number of hydrogen-bond donors (Lipinski definition) is 1. The molecule has 0 aliphatic carbocycles. The average Bonchev–Trinajstić information content (AvgIpc) is 2.14. The molecule has 0 saturated heterocycles. The number of hydrogen-bond acceptors (Lipinski definition) is 1. The minimum absolute atomic E-state index is 0.0473. The van der Waals surface area contributed by atoms with Gasteiger partial charge in [0.2, 0.25) is 0 Å². The average molecular weight is 241 g/mol. The maximum absolute atomic E-state index is 13.1. The van der Waals surface area contributed by atoms with E-state index in [2.05, 4.69) is 26.1 Å². The van der Waals surface area contributed by atoms with Gasteiger partial charge in [0.15, 0.2) is 0 Å². The highest BCUT2D eigenvalue weighted by atomic mass is 19.1. The van der Waals surface area contributed by atoms with E-state index in [0.717, 1.165) is 12.5 Å². The third-order valence-corrected chi connectivity index (χ3v) is 2.74. The number of halogens is 2. The van der Waals surface area contributed by atoms with E-state index in [-0.39, 0.29) is 6.04 Å². The monoisotopic (exact) mass is 241 g/mol. The van der Waals surface area contributed by atoms with Gasteiger partial charge in [0, 0.05) is 18.2 Å². The van der Waals surface area contributed by atoms with Crippen molar-refractivity contribution in [3.8, 4) is 0 Å². The third kappa shape index (κ3) is 4.82. The summed E-state index contributed by atoms with van der Waals surface area (Å²) in [5.41, 5.74) is 0.651. The van der Waals surface area contributed by atoms with Crippen LogP contribution in [0.15, 0.2) is 18.2 Å². The fourth-order valence-corrected chi connectivity index (χ4v) is 2.12. The number of nitrogens with one attached hydrogen (secondary N) is 1. The van der Waals surface area contributed by atoms with E-state index >= 15 is 0 Å². The van der Waals surface area contributed by atoms with Crippen molar-refractivity contribution in [1.82, 2.24) is 5.32 Å². The molecule has 3 heteroatoms. The molecule has 0 bridgehead atoms. The molecule has 0 aromatic heterocycles. The molecule has 1 aromatic carbocycles. The summed E-state index contributed by atoms with van der Waals surface area (Å²) in [6.07, 6.45) is 1.04. The van der Waals surface area contributed by atoms with Gasteiger partial charge < -0.3 is 5.32 Å². The molecule has 0 aliphatic heterocycles. The summed E-state index contributed by atoms with van der Waals surface area (Å²) in [5.74, 6) is -0.440. The molecule has 0 amide bonds. The smallest absolute Gasteiger partial charge is 0.126 e. The van der Waals surface area contributed by atoms with Gasteiger partial charge in [0.05, 0.1) is 0 Å². The van der Waals surface area contributed by atoms with Crippen molar-refractivity contribution in [2.24, 2.45) is 5.92 Å². The van der Waals surface area contributed by atoms with Gasteiger partial charge >= 0.3 is 0 Å². The van der Waals surface area contributed by atoms with Crippen LogP contribution in [0.3, 0.4) is 0 Å². The van der Waals surface area contributed by atoms with Gasteiger partial charge in [-0.3, -0.25) is 0 Å². The van der Waals surface area contributed by atoms with Crippen molar-refractivity contribution in [1.29, 1.82) is 0 Å². The Kier molecular flexibility index (Phi) is 5.06. The summed E-state index contributed by atoms with van der Waals surface area (Å²) in [4.78, 5) is 0. The highest BCUT2D eigenvalue weighted by Crippen LogP contribution is 2.17. The first-order chi connectivity index (χ1) is 7.88. The van der Waals surface area contributed by atoms with E-state index < -0.39 is 11.6 Å². The molecule has 2 unspecified atom stereocenters. The topological polar surface area (TPSA) is 12.0 Å². The first-order valence-corrected chi connectivity index (χ1v) is 6.10. The second kappa shape index (κ2) is 6.10. The van der Waals surface area contributed by atoms with Crippen LogP contribution in [0.25, 0.3) is 0 Å². The van der Waals surface area contributed by atoms with Crippen LogP contribution < -0.4 is 5.32 Å². The largest absolute Gasteiger partial charge is 0.308 e. The summed E-state index contributed by atoms with van der Waals surface area (Å²) in [5, 5.41) is 3.35. The van der Waals surface area contributed by atoms with Crippen molar-refractivity contribution in [3.05, 3.63) is 35.4 Å². The zero-order valence-electron chi connectivity index (χ0n) is 10.9. The Balaban J connectivity index is 2.66. The van der Waals surface area contributed by atoms with Gasteiger partial charge in [0.1, 0.15) is 11.6 Å². The van der Waals surface area contributed by atoms with Crippen molar-refractivity contribution in [2.75, 3.05) is 0 Å². The minimum Gasteiger partial charge on any atom is -0.308 e. The Morgan fingerprint density at radius 3 is 2.00 bits per heavy atom. The predicted octanol–water partition coefficient (Wildman–Crippen LogP) is 4.05. The first-order valence-electron chi connectivity index (χ1n) is 6.10. The van der Waals surface area contributed by atoms with Crippen LogP contribution in [0.1, 0.15) is 45.7 Å². The summed E-state index contributed by atoms with van der Waals surface area (Å²) in [6, 6.07) is 3.93. The third-order valence-electron chi connectivity index (χ3n) is 2.74. The molecule has 1 rings (SSSR count). The lowest BCUT2D eigenvalue weighted by Gasteiger charge is -2.21. The molecule has 0 spiro atoms. The summed E-state index contributed by atoms with van der Waals surface area (Å²) in [6.45, 7) is 8.33. The fraction of sp³-hybridized carbons (Fsp3) is 0.571. The summed E-state index contributed by atoms with van der Waals surface area (Å²) >= 11 is 0. The van der Waals surface area contributed by atoms with E-state index in [1.54, 1.807) is 0 Å². The lowest BCUT2D eigenvalue weighted by atomic mass is 10.0. The van der Waals surface area contributed by atoms with Gasteiger partial charge in [-0.05, 0) is 43.9 Å². The lowest BCUT2D eigenvalue weighted by Crippen LogP contribution is -2.30. The summed E-state index contributed by atoms with van der Waals surface area (Å²) in [7, 11) is 0. The standard InChI is InChI=1S/C14H21F2N/c1-9(2)5-10(3)17-11(4)12-6-13(15)8-14(16)7-12/h6-11,17H,5H2,1-4H3. The minimum atomic E-state index is -0.523. The van der Waals surface area contributed by atoms with Crippen LogP contribution >= 0.6 is 0 Å². The van der Waals surface area contributed by atoms with Crippen LogP contribution in [-0.4, -0.2) is 6.04 Å². The summed E-state index contributed by atoms with van der Waals surface area (Å²) < 4.78 is 26.1. The highest BCUT2D eigenvalue weighted by Gasteiger charge is 2.12. The predicted molar refractivity (Wildman–Crippen MR) is 66.8 cm³/mol. The Morgan fingerprint density at radius 2 is 1.53 bits per heavy atom. The van der Waals surface area contributed by atoms with Gasteiger partial charge in [-0.25, -0.2) is 8.78 Å². The van der Waals surface area contributed by atoms with Crippen molar-refractivity contribution in [3.63, 3.8) is 0 Å². The molecular formula is C14H21F2N. The SMILES string of the molecule is CC(C)CC(C)NC(C)c1cc(F)cc(F)c1. The highest BCUT2D eigenvalue weighted by molar-refractivity contribution is 5.20. The fourth-order valence-electron chi connectivity index (χ4n) is 2.12. The molecule has 2 atom stereocenters.